The first kappa shape index (κ1) is 23.3. The van der Waals surface area contributed by atoms with Crippen molar-refractivity contribution in [1.82, 2.24) is 0 Å². The quantitative estimate of drug-likeness (QED) is 0.483. The van der Waals surface area contributed by atoms with Crippen LogP contribution in [0.5, 0.6) is 5.75 Å². The predicted octanol–water partition coefficient (Wildman–Crippen LogP) is 1.13. The lowest BCUT2D eigenvalue weighted by molar-refractivity contribution is -2.00. The van der Waals surface area contributed by atoms with Crippen LogP contribution in [-0.4, -0.2) is 7.11 Å². The molecule has 0 spiro atoms. The van der Waals surface area contributed by atoms with Crippen molar-refractivity contribution in [3.05, 3.63) is 48.0 Å². The van der Waals surface area contributed by atoms with E-state index in [0.717, 1.165) is 6.42 Å². The van der Waals surface area contributed by atoms with Crippen LogP contribution in [0.25, 0.3) is 11.3 Å². The summed E-state index contributed by atoms with van der Waals surface area (Å²) in [6, 6.07) is 8.80. The van der Waals surface area contributed by atoms with E-state index in [0.29, 0.717) is 11.3 Å². The van der Waals surface area contributed by atoms with E-state index in [-0.39, 0.29) is 11.6 Å². The van der Waals surface area contributed by atoms with Gasteiger partial charge in [0.15, 0.2) is 11.6 Å². The Balaban J connectivity index is 0.000000646. The van der Waals surface area contributed by atoms with E-state index in [2.05, 4.69) is 13.0 Å². The third kappa shape index (κ3) is 10.2. The first-order chi connectivity index (χ1) is 12.7. The normalized spacial score (nSPS) is 10.9. The van der Waals surface area contributed by atoms with Gasteiger partial charge in [-0.1, -0.05) is 32.6 Å². The number of benzene rings is 1. The Morgan fingerprint density at radius 1 is 1.00 bits per heavy atom. The van der Waals surface area contributed by atoms with Gasteiger partial charge in [-0.25, -0.2) is 27.4 Å². The second kappa shape index (κ2) is 11.8. The van der Waals surface area contributed by atoms with Gasteiger partial charge in [-0.05, 0) is 37.1 Å². The number of halogens is 2. The van der Waals surface area contributed by atoms with Crippen molar-refractivity contribution in [2.75, 3.05) is 7.11 Å². The van der Waals surface area contributed by atoms with Crippen LogP contribution in [-0.2, 0) is 6.42 Å². The maximum Gasteiger partial charge on any atom is 0.359 e. The van der Waals surface area contributed by atoms with E-state index < -0.39 is 10.2 Å². The summed E-state index contributed by atoms with van der Waals surface area (Å²) in [5.41, 5.74) is 1.90. The monoisotopic (exact) mass is 402 g/mol. The molecule has 0 atom stereocenters. The Kier molecular flexibility index (Phi) is 10.2. The molecule has 0 unspecified atom stereocenters. The van der Waals surface area contributed by atoms with Gasteiger partial charge in [-0.2, -0.15) is 0 Å². The van der Waals surface area contributed by atoms with Gasteiger partial charge in [-0.15, -0.1) is 10.2 Å². The highest BCUT2D eigenvalue weighted by Gasteiger charge is 2.14. The molecular weight excluding hydrogens is 379 g/mol. The van der Waals surface area contributed by atoms with Crippen LogP contribution in [0.15, 0.2) is 41.0 Å². The third-order valence-electron chi connectivity index (χ3n) is 3.79. The summed E-state index contributed by atoms with van der Waals surface area (Å²) in [7, 11) is -3.49. The maximum absolute atomic E-state index is 13.7. The lowest BCUT2D eigenvalue weighted by atomic mass is 10.1. The minimum absolute atomic E-state index is 0.243. The van der Waals surface area contributed by atoms with Gasteiger partial charge in [0.05, 0.1) is 12.7 Å². The summed E-state index contributed by atoms with van der Waals surface area (Å²) in [5.74, 6) is 0.527. The molecule has 2 rings (SSSR count). The summed E-state index contributed by atoms with van der Waals surface area (Å²) in [6.07, 6.45) is 9.14. The Morgan fingerprint density at radius 3 is 2.19 bits per heavy atom. The third-order valence-corrected chi connectivity index (χ3v) is 3.79. The summed E-state index contributed by atoms with van der Waals surface area (Å²) < 4.78 is 58.3. The molecule has 2 aromatic rings. The molecule has 0 saturated carbocycles. The van der Waals surface area contributed by atoms with Gasteiger partial charge in [0.1, 0.15) is 0 Å². The van der Waals surface area contributed by atoms with E-state index in [1.165, 1.54) is 50.8 Å². The number of ether oxygens (including phenoxy) is 1. The highest BCUT2D eigenvalue weighted by molar-refractivity contribution is 5.58. The predicted molar refractivity (Wildman–Crippen MR) is 87.5 cm³/mol. The van der Waals surface area contributed by atoms with Crippen molar-refractivity contribution in [2.24, 2.45) is 0 Å². The first-order valence-corrected chi connectivity index (χ1v) is 9.84. The molecule has 1 heterocycles. The maximum atomic E-state index is 13.7. The zero-order valence-corrected chi connectivity index (χ0v) is 16.2. The SMILES string of the molecule is CCCCCCCc1ccc(-c2ccc(OC)c(F)c2)[o+]c1.[O-][Cl+3]([O-])([O-])[O-]. The zero-order chi connectivity index (χ0) is 20.3. The first-order valence-electron chi connectivity index (χ1n) is 8.61. The van der Waals surface area contributed by atoms with Crippen LogP contribution in [0.4, 0.5) is 4.39 Å². The molecule has 0 N–H and O–H groups in total. The van der Waals surface area contributed by atoms with E-state index in [1.54, 1.807) is 18.4 Å². The number of aryl methyl sites for hydroxylation is 1. The lowest BCUT2D eigenvalue weighted by Gasteiger charge is -2.17. The minimum atomic E-state index is -4.94. The molecule has 8 heteroatoms. The Hall–Kier alpha value is -1.77. The standard InChI is InChI=1S/C19H24FO2.ClHO4/c1-3-4-5-6-7-8-15-9-11-18(22-14-15)16-10-12-19(21-2)17(20)13-16;2-1(3,4)5/h9-14H,3-8H2,1-2H3;(H,2,3,4,5)/q+1;/p-1. The fraction of sp³-hybridized carbons (Fsp3) is 0.421. The Morgan fingerprint density at radius 2 is 1.67 bits per heavy atom. The largest absolute Gasteiger partial charge is 0.494 e. The van der Waals surface area contributed by atoms with Crippen LogP contribution in [0, 0.1) is 16.1 Å². The van der Waals surface area contributed by atoms with Crippen molar-refractivity contribution >= 4 is 0 Å². The second-order valence-corrected chi connectivity index (χ2v) is 6.66. The fourth-order valence-corrected chi connectivity index (χ4v) is 2.46. The van der Waals surface area contributed by atoms with Gasteiger partial charge >= 0.3 is 12.0 Å². The molecule has 0 fully saturated rings. The minimum Gasteiger partial charge on any atom is -0.494 e. The molecule has 1 aromatic carbocycles. The summed E-state index contributed by atoms with van der Waals surface area (Å²) in [4.78, 5) is 0. The zero-order valence-electron chi connectivity index (χ0n) is 15.4. The van der Waals surface area contributed by atoms with Crippen LogP contribution in [0.1, 0.15) is 44.6 Å². The molecule has 1 aromatic heterocycles. The average Bonchev–Trinajstić information content (AvgIpc) is 2.60. The topological polar surface area (TPSA) is 113 Å². The fourth-order valence-electron chi connectivity index (χ4n) is 2.46. The van der Waals surface area contributed by atoms with Crippen molar-refractivity contribution in [3.63, 3.8) is 0 Å². The number of hydrogen-bond donors (Lipinski definition) is 0. The molecule has 6 nitrogen and oxygen atoms in total. The molecule has 150 valence electrons. The summed E-state index contributed by atoms with van der Waals surface area (Å²) in [6.45, 7) is 2.22. The van der Waals surface area contributed by atoms with Gasteiger partial charge in [0.2, 0.25) is 0 Å². The van der Waals surface area contributed by atoms with Crippen molar-refractivity contribution < 1.29 is 42.4 Å². The van der Waals surface area contributed by atoms with E-state index >= 15 is 0 Å². The molecule has 0 aliphatic carbocycles. The molecule has 0 aliphatic heterocycles. The molecule has 0 amide bonds. The summed E-state index contributed by atoms with van der Waals surface area (Å²) >= 11 is 0. The van der Waals surface area contributed by atoms with Crippen molar-refractivity contribution in [3.8, 4) is 17.1 Å². The van der Waals surface area contributed by atoms with Crippen LogP contribution in [0.2, 0.25) is 0 Å². The molecule has 0 aliphatic rings. The highest BCUT2D eigenvalue weighted by atomic mass is 35.7. The van der Waals surface area contributed by atoms with Crippen molar-refractivity contribution in [1.29, 1.82) is 0 Å². The molecule has 0 saturated heterocycles. The van der Waals surface area contributed by atoms with Crippen LogP contribution < -0.4 is 23.4 Å². The summed E-state index contributed by atoms with van der Waals surface area (Å²) in [5, 5.41) is 0. The molecule has 0 radical (unpaired) electrons. The number of unbranched alkanes of at least 4 members (excludes halogenated alkanes) is 4. The van der Waals surface area contributed by atoms with E-state index in [9.17, 15) is 4.39 Å². The number of rotatable bonds is 8. The molecule has 0 bridgehead atoms. The lowest BCUT2D eigenvalue weighted by Crippen LogP contribution is -2.68. The average molecular weight is 403 g/mol. The van der Waals surface area contributed by atoms with Crippen LogP contribution in [0.3, 0.4) is 0 Å². The number of hydrogen-bond acceptors (Lipinski definition) is 5. The van der Waals surface area contributed by atoms with Gasteiger partial charge in [0, 0.05) is 11.6 Å². The molecular formula is C19H24ClFO6. The Labute approximate surface area is 160 Å². The van der Waals surface area contributed by atoms with E-state index in [4.69, 9.17) is 27.8 Å². The number of methoxy groups -OCH3 is 1. The highest BCUT2D eigenvalue weighted by Crippen LogP contribution is 2.26. The second-order valence-electron chi connectivity index (χ2n) is 5.90. The smallest absolute Gasteiger partial charge is 0.359 e. The van der Waals surface area contributed by atoms with Crippen molar-refractivity contribution in [2.45, 2.75) is 45.4 Å². The van der Waals surface area contributed by atoms with Gasteiger partial charge in [0.25, 0.3) is 0 Å². The van der Waals surface area contributed by atoms with Gasteiger partial charge in [-0.3, -0.25) is 0 Å². The Bertz CT molecular complexity index is 667. The van der Waals surface area contributed by atoms with Crippen LogP contribution >= 0.6 is 0 Å². The molecule has 27 heavy (non-hydrogen) atoms. The van der Waals surface area contributed by atoms with Gasteiger partial charge < -0.3 is 4.74 Å². The van der Waals surface area contributed by atoms with E-state index in [1.807, 2.05) is 6.07 Å².